The second-order valence-corrected chi connectivity index (χ2v) is 6.19. The average molecular weight is 336 g/mol. The Balaban J connectivity index is 1.69. The summed E-state index contributed by atoms with van der Waals surface area (Å²) in [7, 11) is 0. The Morgan fingerprint density at radius 3 is 2.28 bits per heavy atom. The van der Waals surface area contributed by atoms with Crippen LogP contribution in [0.5, 0.6) is 0 Å². The zero-order valence-corrected chi connectivity index (χ0v) is 13.8. The molecule has 0 radical (unpaired) electrons. The third-order valence-electron chi connectivity index (χ3n) is 4.79. The van der Waals surface area contributed by atoms with E-state index in [0.717, 1.165) is 11.1 Å². The molecular weight excluding hydrogens is 316 g/mol. The lowest BCUT2D eigenvalue weighted by Crippen LogP contribution is -2.48. The Hall–Kier alpha value is -2.95. The summed E-state index contributed by atoms with van der Waals surface area (Å²) in [5.74, 6) is -0.915. The summed E-state index contributed by atoms with van der Waals surface area (Å²) in [6.07, 6.45) is 7.46. The van der Waals surface area contributed by atoms with Crippen molar-refractivity contribution in [2.45, 2.75) is 18.3 Å². The maximum Gasteiger partial charge on any atom is 0.314 e. The summed E-state index contributed by atoms with van der Waals surface area (Å²) in [4.78, 5) is 30.0. The van der Waals surface area contributed by atoms with Crippen LogP contribution in [0.15, 0.2) is 60.9 Å². The fourth-order valence-corrected chi connectivity index (χ4v) is 3.24. The smallest absolute Gasteiger partial charge is 0.314 e. The van der Waals surface area contributed by atoms with Gasteiger partial charge in [-0.05, 0) is 42.2 Å². The molecule has 0 bridgehead atoms. The summed E-state index contributed by atoms with van der Waals surface area (Å²) in [6, 6.07) is 12.9. The van der Waals surface area contributed by atoms with Gasteiger partial charge in [-0.15, -0.1) is 0 Å². The third-order valence-corrected chi connectivity index (χ3v) is 4.79. The molecule has 25 heavy (non-hydrogen) atoms. The fraction of sp³-hybridized carbons (Fsp3) is 0.250. The van der Waals surface area contributed by atoms with Crippen LogP contribution in [-0.2, 0) is 15.0 Å². The molecule has 0 spiro atoms. The molecular formula is C20H20N2O3. The first-order valence-electron chi connectivity index (χ1n) is 8.28. The van der Waals surface area contributed by atoms with Gasteiger partial charge in [0, 0.05) is 31.6 Å². The first-order chi connectivity index (χ1) is 12.1. The molecule has 0 aliphatic carbocycles. The normalized spacial score (nSPS) is 16.7. The van der Waals surface area contributed by atoms with E-state index in [1.807, 2.05) is 42.5 Å². The van der Waals surface area contributed by atoms with Crippen LogP contribution in [0.3, 0.4) is 0 Å². The van der Waals surface area contributed by atoms with E-state index in [4.69, 9.17) is 0 Å². The summed E-state index contributed by atoms with van der Waals surface area (Å²) in [5, 5.41) is 9.80. The largest absolute Gasteiger partial charge is 0.481 e. The lowest BCUT2D eigenvalue weighted by atomic mass is 9.73. The van der Waals surface area contributed by atoms with Gasteiger partial charge in [-0.1, -0.05) is 30.3 Å². The van der Waals surface area contributed by atoms with Crippen molar-refractivity contribution in [1.29, 1.82) is 0 Å². The van der Waals surface area contributed by atoms with Crippen LogP contribution in [0, 0.1) is 0 Å². The highest BCUT2D eigenvalue weighted by Crippen LogP contribution is 2.36. The van der Waals surface area contributed by atoms with Crippen molar-refractivity contribution in [3.63, 3.8) is 0 Å². The topological polar surface area (TPSA) is 70.5 Å². The predicted molar refractivity (Wildman–Crippen MR) is 94.8 cm³/mol. The summed E-state index contributed by atoms with van der Waals surface area (Å²) >= 11 is 0. The predicted octanol–water partition coefficient (Wildman–Crippen LogP) is 2.74. The summed E-state index contributed by atoms with van der Waals surface area (Å²) in [6.45, 7) is 0.863. The molecule has 1 aliphatic rings. The van der Waals surface area contributed by atoms with E-state index in [1.165, 1.54) is 6.08 Å². The van der Waals surface area contributed by atoms with Crippen molar-refractivity contribution in [3.8, 4) is 0 Å². The van der Waals surface area contributed by atoms with Crippen LogP contribution in [0.25, 0.3) is 6.08 Å². The van der Waals surface area contributed by atoms with E-state index < -0.39 is 11.4 Å². The van der Waals surface area contributed by atoms with Crippen LogP contribution < -0.4 is 0 Å². The van der Waals surface area contributed by atoms with Gasteiger partial charge in [-0.25, -0.2) is 0 Å². The molecule has 3 rings (SSSR count). The van der Waals surface area contributed by atoms with Gasteiger partial charge in [0.1, 0.15) is 0 Å². The highest BCUT2D eigenvalue weighted by atomic mass is 16.4. The van der Waals surface area contributed by atoms with Crippen LogP contribution in [0.4, 0.5) is 0 Å². The number of pyridine rings is 1. The number of carbonyl (C=O) groups excluding carboxylic acids is 1. The van der Waals surface area contributed by atoms with E-state index in [0.29, 0.717) is 25.9 Å². The van der Waals surface area contributed by atoms with Crippen molar-refractivity contribution in [3.05, 3.63) is 72.1 Å². The molecule has 1 N–H and O–H groups in total. The molecule has 128 valence electrons. The molecule has 1 aromatic heterocycles. The zero-order chi connectivity index (χ0) is 17.7. The Morgan fingerprint density at radius 1 is 1.04 bits per heavy atom. The zero-order valence-electron chi connectivity index (χ0n) is 13.8. The fourth-order valence-electron chi connectivity index (χ4n) is 3.24. The number of amides is 1. The number of carbonyl (C=O) groups is 2. The standard InChI is InChI=1S/C20H20N2O3/c23-18(7-6-16-8-12-21-13-9-16)22-14-10-20(11-15-22,19(24)25)17-4-2-1-3-5-17/h1-9,12-13H,10-11,14-15H2,(H,24,25)/b7-6+. The maximum absolute atomic E-state index is 12.4. The van der Waals surface area contributed by atoms with E-state index >= 15 is 0 Å². The highest BCUT2D eigenvalue weighted by molar-refractivity contribution is 5.92. The van der Waals surface area contributed by atoms with Crippen molar-refractivity contribution >= 4 is 18.0 Å². The SMILES string of the molecule is O=C(/C=C/c1ccncc1)N1CCC(C(=O)O)(c2ccccc2)CC1. The van der Waals surface area contributed by atoms with Gasteiger partial charge < -0.3 is 10.0 Å². The van der Waals surface area contributed by atoms with Crippen molar-refractivity contribution in [1.82, 2.24) is 9.88 Å². The van der Waals surface area contributed by atoms with Crippen LogP contribution >= 0.6 is 0 Å². The van der Waals surface area contributed by atoms with Crippen molar-refractivity contribution < 1.29 is 14.7 Å². The molecule has 1 fully saturated rings. The molecule has 1 saturated heterocycles. The van der Waals surface area contributed by atoms with E-state index in [9.17, 15) is 14.7 Å². The van der Waals surface area contributed by atoms with E-state index in [2.05, 4.69) is 4.98 Å². The number of benzene rings is 1. The van der Waals surface area contributed by atoms with Gasteiger partial charge in [-0.2, -0.15) is 0 Å². The van der Waals surface area contributed by atoms with Crippen LogP contribution in [-0.4, -0.2) is 40.0 Å². The number of aliphatic carboxylic acids is 1. The number of piperidine rings is 1. The number of carboxylic acid groups (broad SMARTS) is 1. The highest BCUT2D eigenvalue weighted by Gasteiger charge is 2.43. The van der Waals surface area contributed by atoms with Gasteiger partial charge in [0.15, 0.2) is 0 Å². The molecule has 0 saturated carbocycles. The number of aromatic nitrogens is 1. The summed E-state index contributed by atoms with van der Waals surface area (Å²) < 4.78 is 0. The first-order valence-corrected chi connectivity index (χ1v) is 8.28. The third kappa shape index (κ3) is 3.60. The minimum atomic E-state index is -0.910. The molecule has 2 heterocycles. The quantitative estimate of drug-likeness (QED) is 0.872. The van der Waals surface area contributed by atoms with Gasteiger partial charge in [-0.3, -0.25) is 14.6 Å². The number of hydrogen-bond acceptors (Lipinski definition) is 3. The average Bonchev–Trinajstić information content (AvgIpc) is 2.67. The molecule has 5 heteroatoms. The molecule has 2 aromatic rings. The Kier molecular flexibility index (Phi) is 4.93. The Labute approximate surface area is 146 Å². The number of rotatable bonds is 4. The number of carboxylic acids is 1. The van der Waals surface area contributed by atoms with Gasteiger partial charge in [0.2, 0.25) is 5.91 Å². The minimum Gasteiger partial charge on any atom is -0.481 e. The number of hydrogen-bond donors (Lipinski definition) is 1. The minimum absolute atomic E-state index is 0.0936. The number of likely N-dealkylation sites (tertiary alicyclic amines) is 1. The van der Waals surface area contributed by atoms with E-state index in [1.54, 1.807) is 23.4 Å². The molecule has 1 aliphatic heterocycles. The Bertz CT molecular complexity index is 764. The van der Waals surface area contributed by atoms with Gasteiger partial charge in [0.05, 0.1) is 5.41 Å². The monoisotopic (exact) mass is 336 g/mol. The van der Waals surface area contributed by atoms with E-state index in [-0.39, 0.29) is 5.91 Å². The lowest BCUT2D eigenvalue weighted by molar-refractivity contribution is -0.147. The first kappa shape index (κ1) is 16.9. The second kappa shape index (κ2) is 7.30. The van der Waals surface area contributed by atoms with Crippen LogP contribution in [0.1, 0.15) is 24.0 Å². The molecule has 0 unspecified atom stereocenters. The molecule has 1 amide bonds. The lowest BCUT2D eigenvalue weighted by Gasteiger charge is -2.38. The van der Waals surface area contributed by atoms with Crippen molar-refractivity contribution in [2.24, 2.45) is 0 Å². The Morgan fingerprint density at radius 2 is 1.68 bits per heavy atom. The second-order valence-electron chi connectivity index (χ2n) is 6.19. The van der Waals surface area contributed by atoms with Crippen molar-refractivity contribution in [2.75, 3.05) is 13.1 Å². The molecule has 0 atom stereocenters. The molecule has 1 aromatic carbocycles. The summed E-state index contributed by atoms with van der Waals surface area (Å²) in [5.41, 5.74) is 0.804. The van der Waals surface area contributed by atoms with Gasteiger partial charge >= 0.3 is 5.97 Å². The van der Waals surface area contributed by atoms with Gasteiger partial charge in [0.25, 0.3) is 0 Å². The van der Waals surface area contributed by atoms with Crippen LogP contribution in [0.2, 0.25) is 0 Å². The molecule has 5 nitrogen and oxygen atoms in total. The number of nitrogens with zero attached hydrogens (tertiary/aromatic N) is 2. The maximum atomic E-state index is 12.4.